The lowest BCUT2D eigenvalue weighted by Crippen LogP contribution is -2.37. The normalized spacial score (nSPS) is 37.3. The highest BCUT2D eigenvalue weighted by molar-refractivity contribution is 4.99. The molecule has 0 amide bonds. The molecular formula is C17H32O2. The minimum Gasteiger partial charge on any atom is -0.375 e. The van der Waals surface area contributed by atoms with E-state index in [2.05, 4.69) is 27.7 Å². The molecule has 0 N–H and O–H groups in total. The number of ether oxygens (including phenoxy) is 2. The van der Waals surface area contributed by atoms with Gasteiger partial charge in [0.15, 0.2) is 0 Å². The number of hydrogen-bond acceptors (Lipinski definition) is 2. The summed E-state index contributed by atoms with van der Waals surface area (Å²) in [6.07, 6.45) is 8.68. The molecule has 112 valence electrons. The van der Waals surface area contributed by atoms with E-state index in [1.165, 1.54) is 38.5 Å². The molecule has 5 atom stereocenters. The second-order valence-electron chi connectivity index (χ2n) is 7.04. The Morgan fingerprint density at radius 2 is 1.68 bits per heavy atom. The van der Waals surface area contributed by atoms with Crippen LogP contribution < -0.4 is 0 Å². The van der Waals surface area contributed by atoms with E-state index < -0.39 is 0 Å². The summed E-state index contributed by atoms with van der Waals surface area (Å²) in [7, 11) is 0. The third kappa shape index (κ3) is 3.16. The molecule has 2 fully saturated rings. The highest BCUT2D eigenvalue weighted by Crippen LogP contribution is 2.47. The predicted molar refractivity (Wildman–Crippen MR) is 79.3 cm³/mol. The summed E-state index contributed by atoms with van der Waals surface area (Å²) in [5, 5.41) is 0. The third-order valence-corrected chi connectivity index (χ3v) is 5.37. The van der Waals surface area contributed by atoms with E-state index >= 15 is 0 Å². The molecule has 2 heterocycles. The second-order valence-corrected chi connectivity index (χ2v) is 7.04. The molecule has 19 heavy (non-hydrogen) atoms. The smallest absolute Gasteiger partial charge is 0.0895 e. The summed E-state index contributed by atoms with van der Waals surface area (Å²) in [4.78, 5) is 0. The van der Waals surface area contributed by atoms with Gasteiger partial charge in [0.05, 0.1) is 25.4 Å². The molecule has 0 aromatic heterocycles. The molecule has 2 aliphatic heterocycles. The van der Waals surface area contributed by atoms with E-state index in [0.717, 1.165) is 13.2 Å². The molecule has 0 spiro atoms. The van der Waals surface area contributed by atoms with Gasteiger partial charge in [-0.05, 0) is 18.3 Å². The first-order chi connectivity index (χ1) is 9.12. The van der Waals surface area contributed by atoms with Crippen molar-refractivity contribution < 1.29 is 9.47 Å². The summed E-state index contributed by atoms with van der Waals surface area (Å²) >= 11 is 0. The van der Waals surface area contributed by atoms with Gasteiger partial charge in [-0.25, -0.2) is 0 Å². The molecule has 0 aromatic rings. The van der Waals surface area contributed by atoms with E-state index in [4.69, 9.17) is 9.47 Å². The Labute approximate surface area is 119 Å². The summed E-state index contributed by atoms with van der Waals surface area (Å²) in [6.45, 7) is 11.2. The Bertz CT molecular complexity index is 278. The Balaban J connectivity index is 2.02. The monoisotopic (exact) mass is 268 g/mol. The van der Waals surface area contributed by atoms with Gasteiger partial charge in [0, 0.05) is 11.8 Å². The number of hydrogen-bond donors (Lipinski definition) is 0. The third-order valence-electron chi connectivity index (χ3n) is 5.37. The van der Waals surface area contributed by atoms with E-state index in [1.807, 2.05) is 0 Å². The van der Waals surface area contributed by atoms with Crippen molar-refractivity contribution in [3.05, 3.63) is 0 Å². The van der Waals surface area contributed by atoms with Crippen molar-refractivity contribution in [1.29, 1.82) is 0 Å². The van der Waals surface area contributed by atoms with Crippen molar-refractivity contribution in [1.82, 2.24) is 0 Å². The van der Waals surface area contributed by atoms with Gasteiger partial charge in [0.25, 0.3) is 0 Å². The molecule has 2 saturated heterocycles. The molecule has 4 unspecified atom stereocenters. The highest BCUT2D eigenvalue weighted by atomic mass is 16.6. The molecule has 0 aliphatic carbocycles. The van der Waals surface area contributed by atoms with E-state index in [-0.39, 0.29) is 0 Å². The van der Waals surface area contributed by atoms with Crippen molar-refractivity contribution in [3.63, 3.8) is 0 Å². The largest absolute Gasteiger partial charge is 0.375 e. The molecule has 0 radical (unpaired) electrons. The summed E-state index contributed by atoms with van der Waals surface area (Å²) in [5.74, 6) is 1.19. The lowest BCUT2D eigenvalue weighted by Gasteiger charge is -2.37. The zero-order chi connectivity index (χ0) is 13.9. The van der Waals surface area contributed by atoms with Crippen LogP contribution in [0.1, 0.15) is 66.2 Å². The number of unbranched alkanes of at least 4 members (excludes halogenated alkanes) is 2. The maximum atomic E-state index is 6.08. The SMILES string of the molecule is CCCCC[C@](C)(CCC)C1COC2C(C)COC21. The van der Waals surface area contributed by atoms with Crippen LogP contribution in [-0.2, 0) is 9.47 Å². The van der Waals surface area contributed by atoms with Crippen molar-refractivity contribution >= 4 is 0 Å². The van der Waals surface area contributed by atoms with Gasteiger partial charge in [0.1, 0.15) is 0 Å². The van der Waals surface area contributed by atoms with E-state index in [0.29, 0.717) is 29.5 Å². The first kappa shape index (κ1) is 15.3. The zero-order valence-electron chi connectivity index (χ0n) is 13.3. The zero-order valence-corrected chi connectivity index (χ0v) is 13.3. The molecule has 2 rings (SSSR count). The number of fused-ring (bicyclic) bond motifs is 1. The van der Waals surface area contributed by atoms with Crippen molar-refractivity contribution in [2.75, 3.05) is 13.2 Å². The quantitative estimate of drug-likeness (QED) is 0.636. The van der Waals surface area contributed by atoms with Gasteiger partial charge >= 0.3 is 0 Å². The van der Waals surface area contributed by atoms with E-state index in [9.17, 15) is 0 Å². The van der Waals surface area contributed by atoms with Gasteiger partial charge < -0.3 is 9.47 Å². The fourth-order valence-electron chi connectivity index (χ4n) is 4.13. The van der Waals surface area contributed by atoms with Crippen LogP contribution in [0, 0.1) is 17.3 Å². The molecule has 0 aromatic carbocycles. The van der Waals surface area contributed by atoms with Crippen LogP contribution in [0.3, 0.4) is 0 Å². The second kappa shape index (κ2) is 6.58. The molecule has 2 aliphatic rings. The van der Waals surface area contributed by atoms with Gasteiger partial charge in [-0.2, -0.15) is 0 Å². The van der Waals surface area contributed by atoms with Crippen molar-refractivity contribution in [2.45, 2.75) is 78.4 Å². The standard InChI is InChI=1S/C17H32O2/c1-5-7-8-10-17(4,9-6-2)14-12-19-15-13(3)11-18-16(14)15/h13-16H,5-12H2,1-4H3/t13?,14?,15?,16?,17-/m0/s1. The fraction of sp³-hybridized carbons (Fsp3) is 1.00. The Morgan fingerprint density at radius 1 is 0.947 bits per heavy atom. The van der Waals surface area contributed by atoms with Gasteiger partial charge in [-0.1, -0.05) is 53.4 Å². The average Bonchev–Trinajstić information content (AvgIpc) is 2.94. The first-order valence-electron chi connectivity index (χ1n) is 8.35. The van der Waals surface area contributed by atoms with Crippen LogP contribution >= 0.6 is 0 Å². The predicted octanol–water partition coefficient (Wildman–Crippen LogP) is 4.42. The first-order valence-corrected chi connectivity index (χ1v) is 8.35. The topological polar surface area (TPSA) is 18.5 Å². The minimum atomic E-state index is 0.368. The Kier molecular flexibility index (Phi) is 5.30. The molecular weight excluding hydrogens is 236 g/mol. The minimum absolute atomic E-state index is 0.368. The van der Waals surface area contributed by atoms with Crippen LogP contribution in [0.25, 0.3) is 0 Å². The summed E-state index contributed by atoms with van der Waals surface area (Å²) < 4.78 is 12.2. The van der Waals surface area contributed by atoms with Crippen LogP contribution in [0.4, 0.5) is 0 Å². The van der Waals surface area contributed by atoms with Crippen molar-refractivity contribution in [2.24, 2.45) is 17.3 Å². The molecule has 0 bridgehead atoms. The lowest BCUT2D eigenvalue weighted by molar-refractivity contribution is 0.0110. The molecule has 0 saturated carbocycles. The highest BCUT2D eigenvalue weighted by Gasteiger charge is 2.51. The molecule has 2 nitrogen and oxygen atoms in total. The Hall–Kier alpha value is -0.0800. The molecule has 2 heteroatoms. The van der Waals surface area contributed by atoms with Gasteiger partial charge in [0.2, 0.25) is 0 Å². The lowest BCUT2D eigenvalue weighted by atomic mass is 9.68. The van der Waals surface area contributed by atoms with Crippen LogP contribution in [0.2, 0.25) is 0 Å². The van der Waals surface area contributed by atoms with Gasteiger partial charge in [-0.3, -0.25) is 0 Å². The Morgan fingerprint density at radius 3 is 2.37 bits per heavy atom. The van der Waals surface area contributed by atoms with Crippen molar-refractivity contribution in [3.8, 4) is 0 Å². The maximum Gasteiger partial charge on any atom is 0.0895 e. The van der Waals surface area contributed by atoms with Crippen LogP contribution in [-0.4, -0.2) is 25.4 Å². The van der Waals surface area contributed by atoms with E-state index in [1.54, 1.807) is 0 Å². The summed E-state index contributed by atoms with van der Waals surface area (Å²) in [5.41, 5.74) is 0.410. The number of rotatable bonds is 7. The van der Waals surface area contributed by atoms with Crippen LogP contribution in [0.5, 0.6) is 0 Å². The maximum absolute atomic E-state index is 6.08. The van der Waals surface area contributed by atoms with Gasteiger partial charge in [-0.15, -0.1) is 0 Å². The fourth-order valence-corrected chi connectivity index (χ4v) is 4.13. The summed E-state index contributed by atoms with van der Waals surface area (Å²) in [6, 6.07) is 0. The average molecular weight is 268 g/mol. The van der Waals surface area contributed by atoms with Crippen LogP contribution in [0.15, 0.2) is 0 Å².